The molecular formula is C23H19NO3S2. The molecule has 0 spiro atoms. The largest absolute Gasteiger partial charge is 0.490 e. The van der Waals surface area contributed by atoms with E-state index in [9.17, 15) is 4.79 Å². The van der Waals surface area contributed by atoms with Gasteiger partial charge in [0.2, 0.25) is 0 Å². The summed E-state index contributed by atoms with van der Waals surface area (Å²) < 4.78 is 12.3. The molecule has 0 atom stereocenters. The van der Waals surface area contributed by atoms with Crippen LogP contribution in [0.3, 0.4) is 0 Å². The Morgan fingerprint density at radius 1 is 1.03 bits per heavy atom. The molecule has 0 radical (unpaired) electrons. The van der Waals surface area contributed by atoms with Crippen LogP contribution in [0.25, 0.3) is 16.8 Å². The molecule has 146 valence electrons. The van der Waals surface area contributed by atoms with Gasteiger partial charge in [0.05, 0.1) is 11.5 Å². The molecule has 0 bridgehead atoms. The molecule has 1 saturated heterocycles. The Balaban J connectivity index is 1.58. The van der Waals surface area contributed by atoms with Crippen molar-refractivity contribution in [2.75, 3.05) is 6.61 Å². The van der Waals surface area contributed by atoms with Gasteiger partial charge in [-0.05, 0) is 47.0 Å². The lowest BCUT2D eigenvalue weighted by Crippen LogP contribution is -2.17. The number of ether oxygens (including phenoxy) is 2. The Morgan fingerprint density at radius 2 is 1.86 bits per heavy atom. The molecule has 0 aliphatic carbocycles. The van der Waals surface area contributed by atoms with Crippen molar-refractivity contribution < 1.29 is 14.3 Å². The molecule has 1 N–H and O–H groups in total. The lowest BCUT2D eigenvalue weighted by atomic mass is 10.1. The summed E-state index contributed by atoms with van der Waals surface area (Å²) in [6.07, 6.45) is 1.80. The number of nitrogens with one attached hydrogen (secondary N) is 1. The summed E-state index contributed by atoms with van der Waals surface area (Å²) in [5, 5.41) is 4.98. The molecule has 3 aromatic rings. The van der Waals surface area contributed by atoms with Crippen molar-refractivity contribution in [3.05, 3.63) is 76.7 Å². The van der Waals surface area contributed by atoms with E-state index < -0.39 is 0 Å². The first-order valence-corrected chi connectivity index (χ1v) is 10.5. The van der Waals surface area contributed by atoms with Crippen molar-refractivity contribution in [1.29, 1.82) is 0 Å². The van der Waals surface area contributed by atoms with Crippen LogP contribution in [-0.2, 0) is 11.4 Å². The van der Waals surface area contributed by atoms with E-state index in [0.717, 1.165) is 11.1 Å². The second-order valence-electron chi connectivity index (χ2n) is 6.42. The van der Waals surface area contributed by atoms with E-state index in [1.54, 1.807) is 6.08 Å². The molecule has 29 heavy (non-hydrogen) atoms. The maximum atomic E-state index is 11.9. The molecule has 1 heterocycles. The third-order valence-corrected chi connectivity index (χ3v) is 5.63. The molecule has 3 aromatic carbocycles. The van der Waals surface area contributed by atoms with Gasteiger partial charge in [-0.1, -0.05) is 72.5 Å². The number of carbonyl (C=O) groups is 1. The molecule has 6 heteroatoms. The van der Waals surface area contributed by atoms with Crippen LogP contribution >= 0.6 is 24.0 Å². The highest BCUT2D eigenvalue weighted by atomic mass is 32.2. The highest BCUT2D eigenvalue weighted by molar-refractivity contribution is 8.26. The summed E-state index contributed by atoms with van der Waals surface area (Å²) in [5.41, 5.74) is 1.97. The van der Waals surface area contributed by atoms with E-state index in [1.165, 1.54) is 22.5 Å². The number of amides is 1. The monoisotopic (exact) mass is 421 g/mol. The molecule has 0 aromatic heterocycles. The van der Waals surface area contributed by atoms with Crippen molar-refractivity contribution in [2.24, 2.45) is 0 Å². The first-order valence-electron chi connectivity index (χ1n) is 9.25. The van der Waals surface area contributed by atoms with Crippen LogP contribution in [0.1, 0.15) is 18.1 Å². The number of fused-ring (bicyclic) bond motifs is 1. The zero-order valence-corrected chi connectivity index (χ0v) is 17.4. The van der Waals surface area contributed by atoms with Gasteiger partial charge < -0.3 is 14.8 Å². The standard InChI is InChI=1S/C23H19NO3S2/c1-2-26-20-12-15(13-21-22(25)24-23(28)29-21)10-11-19(20)27-14-17-8-5-7-16-6-3-4-9-18(16)17/h3-13H,2,14H2,1H3,(H,24,25,28). The Morgan fingerprint density at radius 3 is 2.66 bits per heavy atom. The molecular weight excluding hydrogens is 402 g/mol. The van der Waals surface area contributed by atoms with Gasteiger partial charge in [-0.15, -0.1) is 0 Å². The number of hydrogen-bond donors (Lipinski definition) is 1. The van der Waals surface area contributed by atoms with Gasteiger partial charge in [-0.2, -0.15) is 0 Å². The first-order chi connectivity index (χ1) is 14.1. The van der Waals surface area contributed by atoms with Crippen LogP contribution in [0.2, 0.25) is 0 Å². The molecule has 1 fully saturated rings. The highest BCUT2D eigenvalue weighted by Crippen LogP contribution is 2.33. The van der Waals surface area contributed by atoms with E-state index >= 15 is 0 Å². The normalized spacial score (nSPS) is 15.0. The van der Waals surface area contributed by atoms with Gasteiger partial charge >= 0.3 is 0 Å². The summed E-state index contributed by atoms with van der Waals surface area (Å²) >= 11 is 6.30. The SMILES string of the molecule is CCOc1cc(C=C2SC(=S)NC2=O)ccc1OCc1cccc2ccccc12. The van der Waals surface area contributed by atoms with Crippen LogP contribution in [-0.4, -0.2) is 16.8 Å². The molecule has 1 amide bonds. The van der Waals surface area contributed by atoms with Crippen molar-refractivity contribution in [2.45, 2.75) is 13.5 Å². The number of thioether (sulfide) groups is 1. The minimum absolute atomic E-state index is 0.172. The maximum Gasteiger partial charge on any atom is 0.263 e. The minimum atomic E-state index is -0.172. The number of benzene rings is 3. The van der Waals surface area contributed by atoms with E-state index in [-0.39, 0.29) is 5.91 Å². The summed E-state index contributed by atoms with van der Waals surface area (Å²) in [4.78, 5) is 12.5. The van der Waals surface area contributed by atoms with E-state index in [4.69, 9.17) is 21.7 Å². The molecule has 1 aliphatic heterocycles. The van der Waals surface area contributed by atoms with Gasteiger partial charge in [0.1, 0.15) is 10.9 Å². The quantitative estimate of drug-likeness (QED) is 0.432. The fourth-order valence-electron chi connectivity index (χ4n) is 3.15. The second kappa shape index (κ2) is 8.68. The smallest absolute Gasteiger partial charge is 0.263 e. The average Bonchev–Trinajstić information content (AvgIpc) is 3.04. The number of hydrogen-bond acceptors (Lipinski definition) is 5. The topological polar surface area (TPSA) is 47.6 Å². The Labute approximate surface area is 178 Å². The average molecular weight is 422 g/mol. The van der Waals surface area contributed by atoms with Crippen molar-refractivity contribution >= 4 is 51.1 Å². The van der Waals surface area contributed by atoms with Crippen molar-refractivity contribution in [1.82, 2.24) is 5.32 Å². The highest BCUT2D eigenvalue weighted by Gasteiger charge is 2.22. The maximum absolute atomic E-state index is 11.9. The van der Waals surface area contributed by atoms with E-state index in [0.29, 0.717) is 33.9 Å². The molecule has 0 saturated carbocycles. The van der Waals surface area contributed by atoms with E-state index in [1.807, 2.05) is 43.3 Å². The third-order valence-electron chi connectivity index (χ3n) is 4.47. The molecule has 4 rings (SSSR count). The molecule has 4 nitrogen and oxygen atoms in total. The summed E-state index contributed by atoms with van der Waals surface area (Å²) in [6.45, 7) is 2.89. The second-order valence-corrected chi connectivity index (χ2v) is 8.14. The molecule has 0 unspecified atom stereocenters. The zero-order valence-electron chi connectivity index (χ0n) is 15.8. The van der Waals surface area contributed by atoms with Crippen LogP contribution in [0.4, 0.5) is 0 Å². The summed E-state index contributed by atoms with van der Waals surface area (Å²) in [5.74, 6) is 1.14. The van der Waals surface area contributed by atoms with Crippen molar-refractivity contribution in [3.8, 4) is 11.5 Å². The minimum Gasteiger partial charge on any atom is -0.490 e. The molecule has 1 aliphatic rings. The van der Waals surface area contributed by atoms with Crippen LogP contribution < -0.4 is 14.8 Å². The zero-order chi connectivity index (χ0) is 20.2. The Bertz CT molecular complexity index is 1120. The van der Waals surface area contributed by atoms with Gasteiger partial charge in [-0.3, -0.25) is 4.79 Å². The van der Waals surface area contributed by atoms with Gasteiger partial charge in [0, 0.05) is 0 Å². The number of carbonyl (C=O) groups excluding carboxylic acids is 1. The fraction of sp³-hybridized carbons (Fsp3) is 0.130. The predicted molar refractivity (Wildman–Crippen MR) is 122 cm³/mol. The Kier molecular flexibility index (Phi) is 5.83. The van der Waals surface area contributed by atoms with Gasteiger partial charge in [-0.25, -0.2) is 0 Å². The third kappa shape index (κ3) is 4.44. The van der Waals surface area contributed by atoms with Gasteiger partial charge in [0.25, 0.3) is 5.91 Å². The number of rotatable bonds is 6. The lowest BCUT2D eigenvalue weighted by Gasteiger charge is -2.14. The van der Waals surface area contributed by atoms with Crippen LogP contribution in [0, 0.1) is 0 Å². The van der Waals surface area contributed by atoms with Crippen molar-refractivity contribution in [3.63, 3.8) is 0 Å². The summed E-state index contributed by atoms with van der Waals surface area (Å²) in [6, 6.07) is 20.1. The Hall–Kier alpha value is -2.83. The van der Waals surface area contributed by atoms with E-state index in [2.05, 4.69) is 29.6 Å². The van der Waals surface area contributed by atoms with Crippen LogP contribution in [0.5, 0.6) is 11.5 Å². The fourth-order valence-corrected chi connectivity index (χ4v) is 4.19. The first kappa shape index (κ1) is 19.5. The van der Waals surface area contributed by atoms with Crippen LogP contribution in [0.15, 0.2) is 65.6 Å². The lowest BCUT2D eigenvalue weighted by molar-refractivity contribution is -0.115. The van der Waals surface area contributed by atoms with Gasteiger partial charge in [0.15, 0.2) is 11.5 Å². The predicted octanol–water partition coefficient (Wildman–Crippen LogP) is 5.31. The summed E-state index contributed by atoms with van der Waals surface area (Å²) in [7, 11) is 0. The number of thiocarbonyl (C=S) groups is 1.